The number of aromatic nitrogens is 2. The second-order valence-corrected chi connectivity index (χ2v) is 8.00. The van der Waals surface area contributed by atoms with Crippen molar-refractivity contribution in [3.05, 3.63) is 40.1 Å². The van der Waals surface area contributed by atoms with E-state index in [1.807, 2.05) is 33.9 Å². The van der Waals surface area contributed by atoms with Crippen LogP contribution in [-0.4, -0.2) is 32.8 Å². The maximum Gasteiger partial charge on any atom is 0.271 e. The number of rotatable bonds is 4. The van der Waals surface area contributed by atoms with Crippen molar-refractivity contribution in [2.45, 2.75) is 39.4 Å². The van der Waals surface area contributed by atoms with Gasteiger partial charge in [0.15, 0.2) is 0 Å². The first kappa shape index (κ1) is 16.3. The van der Waals surface area contributed by atoms with Gasteiger partial charge in [-0.25, -0.2) is 4.98 Å². The Morgan fingerprint density at radius 2 is 2.16 bits per heavy atom. The van der Waals surface area contributed by atoms with E-state index in [9.17, 15) is 9.59 Å². The van der Waals surface area contributed by atoms with E-state index in [1.54, 1.807) is 17.5 Å². The Bertz CT molecular complexity index is 798. The minimum absolute atomic E-state index is 0.0899. The fourth-order valence-corrected chi connectivity index (χ4v) is 4.10. The van der Waals surface area contributed by atoms with Gasteiger partial charge in [0.25, 0.3) is 5.91 Å². The van der Waals surface area contributed by atoms with Gasteiger partial charge in [-0.2, -0.15) is 0 Å². The zero-order valence-corrected chi connectivity index (χ0v) is 15.3. The number of fused-ring (bicyclic) bond motifs is 1. The zero-order chi connectivity index (χ0) is 17.6. The molecule has 1 aliphatic carbocycles. The molecule has 0 unspecified atom stereocenters. The molecule has 2 amide bonds. The van der Waals surface area contributed by atoms with Crippen LogP contribution in [0.1, 0.15) is 47.5 Å². The Labute approximate surface area is 150 Å². The van der Waals surface area contributed by atoms with Crippen molar-refractivity contribution in [1.29, 1.82) is 0 Å². The number of nitrogens with zero attached hydrogens (tertiary/aromatic N) is 3. The summed E-state index contributed by atoms with van der Waals surface area (Å²) in [6.07, 6.45) is 2.80. The molecule has 7 heteroatoms. The van der Waals surface area contributed by atoms with Crippen molar-refractivity contribution in [2.24, 2.45) is 11.8 Å². The summed E-state index contributed by atoms with van der Waals surface area (Å²) >= 11 is 1.62. The van der Waals surface area contributed by atoms with Crippen molar-refractivity contribution in [1.82, 2.24) is 19.8 Å². The van der Waals surface area contributed by atoms with E-state index >= 15 is 0 Å². The van der Waals surface area contributed by atoms with Crippen LogP contribution in [0.15, 0.2) is 23.7 Å². The van der Waals surface area contributed by atoms with Crippen LogP contribution in [0.4, 0.5) is 0 Å². The highest BCUT2D eigenvalue weighted by atomic mass is 32.1. The monoisotopic (exact) mass is 358 g/mol. The van der Waals surface area contributed by atoms with Crippen molar-refractivity contribution < 1.29 is 9.59 Å². The standard InChI is InChI=1S/C18H22N4O2S/c1-11-8-14(11)18(24)22-6-5-21-10-15(20-16(21)12(22)2)17(23)19-9-13-4-3-7-25-13/h3-4,7,10-12,14H,5-6,8-9H2,1-2H3,(H,19,23)/t11-,12+,14+/m1/s1. The predicted molar refractivity (Wildman–Crippen MR) is 95.1 cm³/mol. The average Bonchev–Trinajstić information content (AvgIpc) is 3.03. The van der Waals surface area contributed by atoms with Crippen molar-refractivity contribution >= 4 is 23.2 Å². The fraction of sp³-hybridized carbons (Fsp3) is 0.500. The third-order valence-electron chi connectivity index (χ3n) is 5.18. The van der Waals surface area contributed by atoms with E-state index in [-0.39, 0.29) is 23.8 Å². The molecule has 0 radical (unpaired) electrons. The highest BCUT2D eigenvalue weighted by molar-refractivity contribution is 7.09. The summed E-state index contributed by atoms with van der Waals surface area (Å²) in [5.74, 6) is 1.54. The molecule has 2 aromatic rings. The molecule has 0 saturated heterocycles. The molecule has 0 bridgehead atoms. The number of amides is 2. The predicted octanol–water partition coefficient (Wildman–Crippen LogP) is 2.43. The normalized spacial score (nSPS) is 24.7. The van der Waals surface area contributed by atoms with Crippen LogP contribution in [0, 0.1) is 11.8 Å². The van der Waals surface area contributed by atoms with Gasteiger partial charge >= 0.3 is 0 Å². The zero-order valence-electron chi connectivity index (χ0n) is 14.4. The number of nitrogens with one attached hydrogen (secondary N) is 1. The van der Waals surface area contributed by atoms with Gasteiger partial charge in [0, 0.05) is 30.1 Å². The van der Waals surface area contributed by atoms with Crippen LogP contribution in [0.25, 0.3) is 0 Å². The lowest BCUT2D eigenvalue weighted by atomic mass is 10.1. The van der Waals surface area contributed by atoms with Gasteiger partial charge in [0.1, 0.15) is 11.5 Å². The third kappa shape index (κ3) is 3.08. The van der Waals surface area contributed by atoms with Gasteiger partial charge < -0.3 is 14.8 Å². The van der Waals surface area contributed by atoms with E-state index in [0.717, 1.165) is 17.1 Å². The summed E-state index contributed by atoms with van der Waals surface area (Å²) in [6, 6.07) is 3.87. The number of carbonyl (C=O) groups excluding carboxylic acids is 2. The van der Waals surface area contributed by atoms with E-state index in [4.69, 9.17) is 0 Å². The largest absolute Gasteiger partial charge is 0.346 e. The Kier molecular flexibility index (Phi) is 4.11. The summed E-state index contributed by atoms with van der Waals surface area (Å²) in [7, 11) is 0. The number of thiophene rings is 1. The number of hydrogen-bond donors (Lipinski definition) is 1. The highest BCUT2D eigenvalue weighted by Gasteiger charge is 2.44. The van der Waals surface area contributed by atoms with E-state index in [0.29, 0.717) is 31.2 Å². The molecule has 4 rings (SSSR count). The van der Waals surface area contributed by atoms with Crippen molar-refractivity contribution in [3.8, 4) is 0 Å². The molecule has 6 nitrogen and oxygen atoms in total. The molecule has 25 heavy (non-hydrogen) atoms. The summed E-state index contributed by atoms with van der Waals surface area (Å²) < 4.78 is 2.00. The van der Waals surface area contributed by atoms with Gasteiger partial charge in [0.05, 0.1) is 12.6 Å². The van der Waals surface area contributed by atoms with Gasteiger partial charge in [-0.05, 0) is 30.7 Å². The maximum atomic E-state index is 12.6. The second-order valence-electron chi connectivity index (χ2n) is 6.97. The van der Waals surface area contributed by atoms with E-state index in [1.165, 1.54) is 0 Å². The number of imidazole rings is 1. The smallest absolute Gasteiger partial charge is 0.271 e. The Balaban J connectivity index is 1.46. The first-order valence-corrected chi connectivity index (χ1v) is 9.60. The van der Waals surface area contributed by atoms with Crippen molar-refractivity contribution in [2.75, 3.05) is 6.54 Å². The molecule has 3 atom stereocenters. The van der Waals surface area contributed by atoms with Gasteiger partial charge in [-0.15, -0.1) is 11.3 Å². The molecule has 2 aromatic heterocycles. The molecule has 1 fully saturated rings. The maximum absolute atomic E-state index is 12.6. The molecule has 2 aliphatic rings. The Morgan fingerprint density at radius 1 is 1.36 bits per heavy atom. The number of carbonyl (C=O) groups is 2. The molecule has 3 heterocycles. The van der Waals surface area contributed by atoms with Crippen LogP contribution in [0.5, 0.6) is 0 Å². The van der Waals surface area contributed by atoms with Crippen LogP contribution in [0.2, 0.25) is 0 Å². The Morgan fingerprint density at radius 3 is 2.84 bits per heavy atom. The van der Waals surface area contributed by atoms with Crippen LogP contribution < -0.4 is 5.32 Å². The second kappa shape index (κ2) is 6.29. The van der Waals surface area contributed by atoms with E-state index in [2.05, 4.69) is 17.2 Å². The highest BCUT2D eigenvalue weighted by Crippen LogP contribution is 2.41. The molecular weight excluding hydrogens is 336 g/mol. The summed E-state index contributed by atoms with van der Waals surface area (Å²) in [4.78, 5) is 32.5. The van der Waals surface area contributed by atoms with Crippen LogP contribution in [0.3, 0.4) is 0 Å². The SMILES string of the molecule is C[C@@H]1C[C@@H]1C(=O)N1CCn2cc(C(=O)NCc3cccs3)nc2[C@@H]1C. The Hall–Kier alpha value is -2.15. The molecule has 1 aliphatic heterocycles. The molecule has 0 aromatic carbocycles. The summed E-state index contributed by atoms with van der Waals surface area (Å²) in [5.41, 5.74) is 0.424. The average molecular weight is 358 g/mol. The minimum Gasteiger partial charge on any atom is -0.346 e. The molecule has 0 spiro atoms. The number of hydrogen-bond acceptors (Lipinski definition) is 4. The van der Waals surface area contributed by atoms with Gasteiger partial charge in [-0.3, -0.25) is 9.59 Å². The minimum atomic E-state index is -0.170. The van der Waals surface area contributed by atoms with Gasteiger partial charge in [0.2, 0.25) is 5.91 Å². The quantitative estimate of drug-likeness (QED) is 0.913. The lowest BCUT2D eigenvalue weighted by Gasteiger charge is -2.34. The lowest BCUT2D eigenvalue weighted by molar-refractivity contribution is -0.136. The molecule has 1 saturated carbocycles. The summed E-state index contributed by atoms with van der Waals surface area (Å²) in [6.45, 7) is 6.00. The van der Waals surface area contributed by atoms with Crippen LogP contribution >= 0.6 is 11.3 Å². The van der Waals surface area contributed by atoms with E-state index < -0.39 is 0 Å². The molecule has 132 valence electrons. The van der Waals surface area contributed by atoms with Crippen LogP contribution in [-0.2, 0) is 17.9 Å². The van der Waals surface area contributed by atoms with Crippen molar-refractivity contribution in [3.63, 3.8) is 0 Å². The first-order valence-electron chi connectivity index (χ1n) is 8.72. The molecular formula is C18H22N4O2S. The fourth-order valence-electron chi connectivity index (χ4n) is 3.45. The lowest BCUT2D eigenvalue weighted by Crippen LogP contribution is -2.42. The molecule has 1 N–H and O–H groups in total. The first-order chi connectivity index (χ1) is 12.0. The summed E-state index contributed by atoms with van der Waals surface area (Å²) in [5, 5.41) is 4.90. The third-order valence-corrected chi connectivity index (χ3v) is 6.05. The van der Waals surface area contributed by atoms with Gasteiger partial charge in [-0.1, -0.05) is 13.0 Å². The topological polar surface area (TPSA) is 67.2 Å².